The summed E-state index contributed by atoms with van der Waals surface area (Å²) in [5, 5.41) is 0. The zero-order chi connectivity index (χ0) is 4.41. The minimum absolute atomic E-state index is 0.497. The molecule has 0 aromatic heterocycles. The quantitative estimate of drug-likeness (QED) is 0.499. The van der Waals surface area contributed by atoms with Gasteiger partial charge in [-0.3, -0.25) is 0 Å². The van der Waals surface area contributed by atoms with Crippen LogP contribution in [-0.4, -0.2) is 24.2 Å². The Bertz CT molecular complexity index is 104. The number of hydrogen-bond acceptors (Lipinski definition) is 1. The van der Waals surface area contributed by atoms with E-state index in [1.54, 1.807) is 0 Å². The third kappa shape index (κ3) is 1.11. The summed E-state index contributed by atoms with van der Waals surface area (Å²) in [7, 11) is 0. The second-order valence-electron chi connectivity index (χ2n) is 1.14. The fourth-order valence-corrected chi connectivity index (χ4v) is 3.70. The van der Waals surface area contributed by atoms with Gasteiger partial charge in [0.15, 0.2) is 0 Å². The van der Waals surface area contributed by atoms with Gasteiger partial charge in [-0.1, -0.05) is 0 Å². The molecule has 0 amide bonds. The summed E-state index contributed by atoms with van der Waals surface area (Å²) in [6.07, 6.45) is 4.20. The summed E-state index contributed by atoms with van der Waals surface area (Å²) in [5.41, 5.74) is 0. The predicted octanol–water partition coefficient (Wildman–Crippen LogP) is 0.989. The molecule has 6 heavy (non-hydrogen) atoms. The summed E-state index contributed by atoms with van der Waals surface area (Å²) in [5.74, 6) is 0. The Labute approximate surface area is 54.9 Å². The van der Waals surface area contributed by atoms with Gasteiger partial charge in [0.1, 0.15) is 0 Å². The van der Waals surface area contributed by atoms with E-state index >= 15 is 0 Å². The van der Waals surface area contributed by atoms with Crippen LogP contribution in [0.25, 0.3) is 0 Å². The predicted molar refractivity (Wildman–Crippen MR) is 32.0 cm³/mol. The van der Waals surface area contributed by atoms with E-state index in [4.69, 9.17) is 0 Å². The van der Waals surface area contributed by atoms with E-state index in [1.165, 1.54) is 2.46 Å². The first-order valence-electron chi connectivity index (χ1n) is 1.80. The second-order valence-corrected chi connectivity index (χ2v) is 8.76. The van der Waals surface area contributed by atoms with Crippen molar-refractivity contribution in [2.24, 2.45) is 0 Å². The average molecular weight is 289 g/mol. The molecule has 29 valence electrons. The molecule has 0 N–H and O–H groups in total. The van der Waals surface area contributed by atoms with E-state index in [9.17, 15) is 0 Å². The Morgan fingerprint density at radius 3 is 2.67 bits per heavy atom. The Morgan fingerprint density at radius 2 is 2.50 bits per heavy atom. The van der Waals surface area contributed by atoms with Gasteiger partial charge in [-0.05, 0) is 0 Å². The molecule has 0 nitrogen and oxygen atoms in total. The summed E-state index contributed by atoms with van der Waals surface area (Å²) in [6.45, 7) is 0. The van der Waals surface area contributed by atoms with Crippen LogP contribution in [0.1, 0.15) is 0 Å². The minimum atomic E-state index is -0.497. The van der Waals surface area contributed by atoms with Gasteiger partial charge < -0.3 is 0 Å². The van der Waals surface area contributed by atoms with Gasteiger partial charge in [-0.25, -0.2) is 0 Å². The fourth-order valence-electron chi connectivity index (χ4n) is 0.364. The molecule has 0 spiro atoms. The standard InChI is InChI=1S/C4H4S.Tl/c1-2-3-4-5;/h1-3,5H;. The molecule has 0 unspecified atom stereocenters. The normalized spacial score (nSPS) is 15.8. The van der Waals surface area contributed by atoms with Crippen molar-refractivity contribution in [3.63, 3.8) is 0 Å². The van der Waals surface area contributed by atoms with Gasteiger partial charge in [0, 0.05) is 0 Å². The zero-order valence-corrected chi connectivity index (χ0v) is 8.64. The molecule has 0 aromatic carbocycles. The number of hydrogen-bond donors (Lipinski definition) is 1. The Hall–Kier alpha value is 0.752. The van der Waals surface area contributed by atoms with E-state index in [2.05, 4.69) is 28.4 Å². The maximum atomic E-state index is 4.18. The van der Waals surface area contributed by atoms with E-state index < -0.39 is 24.2 Å². The maximum absolute atomic E-state index is 4.18. The SMILES string of the molecule is S[C]1=CC=[CH][Tl]1. The van der Waals surface area contributed by atoms with Crippen LogP contribution in [0.3, 0.4) is 0 Å². The molecule has 0 radical (unpaired) electrons. The molecule has 1 aliphatic heterocycles. The molecular weight excluding hydrogens is 284 g/mol. The molecule has 1 heterocycles. The average Bonchev–Trinajstić information content (AvgIpc) is 1.86. The van der Waals surface area contributed by atoms with Crippen LogP contribution in [0.2, 0.25) is 0 Å². The Balaban J connectivity index is 2.61. The topological polar surface area (TPSA) is 0 Å². The van der Waals surface area contributed by atoms with Crippen LogP contribution in [0.5, 0.6) is 0 Å². The molecule has 0 aliphatic carbocycles. The van der Waals surface area contributed by atoms with E-state index in [-0.39, 0.29) is 0 Å². The van der Waals surface area contributed by atoms with Crippen molar-refractivity contribution >= 4 is 36.9 Å². The van der Waals surface area contributed by atoms with Gasteiger partial charge in [0.2, 0.25) is 0 Å². The van der Waals surface area contributed by atoms with Crippen LogP contribution in [0.4, 0.5) is 0 Å². The van der Waals surface area contributed by atoms with Crippen molar-refractivity contribution in [2.45, 2.75) is 0 Å². The molecule has 0 aromatic rings. The van der Waals surface area contributed by atoms with Crippen LogP contribution in [0, 0.1) is 0 Å². The number of thiol groups is 1. The molecule has 1 aliphatic rings. The fraction of sp³-hybridized carbons (Fsp3) is 0. The summed E-state index contributed by atoms with van der Waals surface area (Å²) >= 11 is 3.69. The summed E-state index contributed by atoms with van der Waals surface area (Å²) < 4.78 is 3.66. The van der Waals surface area contributed by atoms with Crippen molar-refractivity contribution in [1.29, 1.82) is 0 Å². The van der Waals surface area contributed by atoms with Crippen molar-refractivity contribution in [3.05, 3.63) is 18.3 Å². The van der Waals surface area contributed by atoms with Crippen molar-refractivity contribution in [1.82, 2.24) is 0 Å². The molecule has 0 fully saturated rings. The van der Waals surface area contributed by atoms with E-state index in [1.807, 2.05) is 0 Å². The van der Waals surface area contributed by atoms with Crippen LogP contribution in [-0.2, 0) is 0 Å². The first-order valence-corrected chi connectivity index (χ1v) is 7.08. The third-order valence-corrected chi connectivity index (χ3v) is 5.79. The van der Waals surface area contributed by atoms with E-state index in [0.29, 0.717) is 0 Å². The van der Waals surface area contributed by atoms with Gasteiger partial charge >= 0.3 is 55.1 Å². The Morgan fingerprint density at radius 1 is 1.67 bits per heavy atom. The van der Waals surface area contributed by atoms with Crippen LogP contribution < -0.4 is 0 Å². The summed E-state index contributed by atoms with van der Waals surface area (Å²) in [6, 6.07) is 0. The number of rotatable bonds is 0. The van der Waals surface area contributed by atoms with Crippen molar-refractivity contribution in [3.8, 4) is 0 Å². The molecule has 0 saturated carbocycles. The molecule has 2 heteroatoms. The first-order chi connectivity index (χ1) is 2.89. The monoisotopic (exact) mass is 289 g/mol. The molecule has 1 rings (SSSR count). The van der Waals surface area contributed by atoms with E-state index in [0.717, 1.165) is 0 Å². The van der Waals surface area contributed by atoms with Crippen LogP contribution in [0.15, 0.2) is 18.3 Å². The van der Waals surface area contributed by atoms with Crippen molar-refractivity contribution in [2.75, 3.05) is 0 Å². The second kappa shape index (κ2) is 2.16. The van der Waals surface area contributed by atoms with Crippen LogP contribution >= 0.6 is 12.6 Å². The van der Waals surface area contributed by atoms with Gasteiger partial charge in [-0.15, -0.1) is 0 Å². The Kier molecular flexibility index (Phi) is 1.77. The van der Waals surface area contributed by atoms with Gasteiger partial charge in [0.25, 0.3) is 0 Å². The number of allylic oxidation sites excluding steroid dienone is 2. The van der Waals surface area contributed by atoms with Gasteiger partial charge in [0.05, 0.1) is 0 Å². The van der Waals surface area contributed by atoms with Gasteiger partial charge in [-0.2, -0.15) is 0 Å². The first kappa shape index (κ1) is 4.90. The molecule has 0 saturated heterocycles. The van der Waals surface area contributed by atoms with Crippen molar-refractivity contribution < 1.29 is 0 Å². The zero-order valence-electron chi connectivity index (χ0n) is 3.26. The molecule has 0 bridgehead atoms. The molecular formula is C4H4STl. The summed E-state index contributed by atoms with van der Waals surface area (Å²) in [4.78, 5) is 0. The third-order valence-electron chi connectivity index (χ3n) is 0.645. The molecule has 0 atom stereocenters.